The van der Waals surface area contributed by atoms with Crippen LogP contribution < -0.4 is 10.6 Å². The Morgan fingerprint density at radius 1 is 1.26 bits per heavy atom. The quantitative estimate of drug-likeness (QED) is 0.317. The molecule has 1 atom stereocenters. The Kier molecular flexibility index (Phi) is 6.63. The molecule has 9 heteroatoms. The highest BCUT2D eigenvalue weighted by molar-refractivity contribution is 6.35. The summed E-state index contributed by atoms with van der Waals surface area (Å²) in [7, 11) is 2.17. The first-order valence-electron chi connectivity index (χ1n) is 13.5. The largest absolute Gasteiger partial charge is 0.398 e. The molecule has 0 bridgehead atoms. The van der Waals surface area contributed by atoms with Crippen LogP contribution in [0.1, 0.15) is 56.0 Å². The van der Waals surface area contributed by atoms with Gasteiger partial charge in [0.1, 0.15) is 0 Å². The third-order valence-corrected chi connectivity index (χ3v) is 9.74. The number of amides is 1. The van der Waals surface area contributed by atoms with Crippen molar-refractivity contribution >= 4 is 35.2 Å². The maximum atomic E-state index is 12.0. The van der Waals surface area contributed by atoms with E-state index in [0.29, 0.717) is 16.3 Å². The minimum atomic E-state index is -0.0968. The van der Waals surface area contributed by atoms with Gasteiger partial charge < -0.3 is 25.8 Å². The molecule has 1 aromatic carbocycles. The van der Waals surface area contributed by atoms with Crippen LogP contribution in [0.2, 0.25) is 5.02 Å². The van der Waals surface area contributed by atoms with E-state index in [1.54, 1.807) is 0 Å². The molecule has 8 nitrogen and oxygen atoms in total. The van der Waals surface area contributed by atoms with Crippen LogP contribution in [-0.2, 0) is 4.79 Å². The summed E-state index contributed by atoms with van der Waals surface area (Å²) >= 11 is 7.00. The lowest BCUT2D eigenvalue weighted by molar-refractivity contribution is -0.149. The van der Waals surface area contributed by atoms with Crippen LogP contribution >= 0.6 is 11.6 Å². The molecule has 2 aromatic rings. The normalized spacial score (nSPS) is 23.3. The zero-order chi connectivity index (χ0) is 27.6. The molecule has 1 amide bonds. The van der Waals surface area contributed by atoms with Crippen molar-refractivity contribution in [3.05, 3.63) is 40.6 Å². The van der Waals surface area contributed by atoms with Crippen LogP contribution in [0.3, 0.4) is 0 Å². The zero-order valence-electron chi connectivity index (χ0n) is 23.3. The van der Waals surface area contributed by atoms with E-state index in [1.807, 2.05) is 17.9 Å². The number of likely N-dealkylation sites (tertiary alicyclic amines) is 1. The summed E-state index contributed by atoms with van der Waals surface area (Å²) in [5.41, 5.74) is 11.4. The van der Waals surface area contributed by atoms with Gasteiger partial charge in [-0.15, -0.1) is 0 Å². The van der Waals surface area contributed by atoms with Crippen LogP contribution in [0.4, 0.5) is 11.5 Å². The van der Waals surface area contributed by atoms with Gasteiger partial charge in [0.2, 0.25) is 5.91 Å². The first-order valence-corrected chi connectivity index (χ1v) is 13.9. The number of aryl methyl sites for hydroxylation is 1. The fourth-order valence-corrected chi connectivity index (χ4v) is 7.20. The number of likely N-dealkylation sites (N-methyl/N-ethyl adjacent to an activating group) is 1. The maximum Gasteiger partial charge on any atom is 0.245 e. The number of nitrogens with two attached hydrogens (primary N) is 1. The summed E-state index contributed by atoms with van der Waals surface area (Å²) < 4.78 is 2.19. The van der Waals surface area contributed by atoms with E-state index in [2.05, 4.69) is 48.9 Å². The van der Waals surface area contributed by atoms with Gasteiger partial charge in [-0.25, -0.2) is 0 Å². The molecule has 5 rings (SSSR count). The third-order valence-electron chi connectivity index (χ3n) is 9.25. The molecular weight excluding hydrogens is 498 g/mol. The number of nitrogens with zero attached hydrogens (tertiary/aromatic N) is 5. The number of hydrogen-bond acceptors (Lipinski definition) is 6. The van der Waals surface area contributed by atoms with Crippen LogP contribution in [0, 0.1) is 24.7 Å². The molecule has 1 aromatic heterocycles. The topological polar surface area (TPSA) is 94.5 Å². The van der Waals surface area contributed by atoms with Crippen molar-refractivity contribution in [1.29, 1.82) is 5.41 Å². The Hall–Kier alpha value is -2.84. The van der Waals surface area contributed by atoms with Gasteiger partial charge in [-0.3, -0.25) is 9.48 Å². The molecule has 1 aliphatic carbocycles. The number of nitrogens with one attached hydrogen (secondary N) is 1. The Bertz CT molecular complexity index is 1300. The van der Waals surface area contributed by atoms with Crippen LogP contribution in [0.15, 0.2) is 18.7 Å². The van der Waals surface area contributed by atoms with Gasteiger partial charge in [0.05, 0.1) is 16.6 Å². The second-order valence-corrected chi connectivity index (χ2v) is 12.3. The number of hydrogen-bond donors (Lipinski definition) is 2. The summed E-state index contributed by atoms with van der Waals surface area (Å²) in [5, 5.41) is 14.2. The number of carbonyl (C=O) groups is 1. The molecule has 2 saturated heterocycles. The van der Waals surface area contributed by atoms with Crippen molar-refractivity contribution in [3.63, 3.8) is 0 Å². The minimum absolute atomic E-state index is 0.0127. The van der Waals surface area contributed by atoms with Gasteiger partial charge in [0, 0.05) is 72.4 Å². The van der Waals surface area contributed by atoms with Crippen LogP contribution in [-0.4, -0.2) is 77.0 Å². The first kappa shape index (κ1) is 26.8. The highest BCUT2D eigenvalue weighted by Crippen LogP contribution is 2.55. The average Bonchev–Trinajstić information content (AvgIpc) is 3.15. The Balaban J connectivity index is 1.61. The highest BCUT2D eigenvalue weighted by Gasteiger charge is 2.54. The second-order valence-electron chi connectivity index (χ2n) is 12.0. The summed E-state index contributed by atoms with van der Waals surface area (Å²) in [4.78, 5) is 18.7. The summed E-state index contributed by atoms with van der Waals surface area (Å²) in [6.07, 6.45) is 5.67. The predicted molar refractivity (Wildman–Crippen MR) is 155 cm³/mol. The molecule has 204 valence electrons. The number of aromatic nitrogens is 2. The molecule has 1 spiro atoms. The van der Waals surface area contributed by atoms with E-state index in [0.717, 1.165) is 80.2 Å². The Morgan fingerprint density at radius 2 is 1.95 bits per heavy atom. The molecular formula is C29H40ClN7O. The molecule has 38 heavy (non-hydrogen) atoms. The van der Waals surface area contributed by atoms with Gasteiger partial charge in [0.15, 0.2) is 5.82 Å². The lowest BCUT2D eigenvalue weighted by Crippen LogP contribution is -2.63. The number of anilines is 2. The molecule has 3 fully saturated rings. The minimum Gasteiger partial charge on any atom is -0.398 e. The number of halogens is 1. The fraction of sp³-hybridized carbons (Fsp3) is 0.552. The molecule has 3 aliphatic rings. The van der Waals surface area contributed by atoms with Crippen LogP contribution in [0.5, 0.6) is 0 Å². The van der Waals surface area contributed by atoms with Crippen molar-refractivity contribution in [1.82, 2.24) is 19.6 Å². The highest BCUT2D eigenvalue weighted by atomic mass is 35.5. The van der Waals surface area contributed by atoms with Crippen LogP contribution in [0.25, 0.3) is 11.1 Å². The van der Waals surface area contributed by atoms with Crippen molar-refractivity contribution in [3.8, 4) is 11.1 Å². The number of piperazine rings is 1. The molecule has 3 N–H and O–H groups in total. The molecule has 3 heterocycles. The van der Waals surface area contributed by atoms with E-state index in [1.165, 1.54) is 12.3 Å². The summed E-state index contributed by atoms with van der Waals surface area (Å²) in [6.45, 7) is 16.6. The average molecular weight is 538 g/mol. The number of rotatable bonds is 6. The Morgan fingerprint density at radius 3 is 2.55 bits per heavy atom. The van der Waals surface area contributed by atoms with Crippen molar-refractivity contribution in [2.45, 2.75) is 58.5 Å². The third kappa shape index (κ3) is 4.04. The standard InChI is InChI=1S/C29H40ClN7O/c1-7-23(38)35-16-29(17-35)12-20(13-29)37-19(4)24(25-21(14-31)22(32)11-18(3)26(25)30)27(33-37)36-10-9-34(6)15-28(36,5)8-2/h7,11,14,20,31H,1,8-10,12-13,15-17,32H2,2-6H3/t28-/m0/s1. The van der Waals surface area contributed by atoms with Crippen molar-refractivity contribution in [2.24, 2.45) is 5.41 Å². The Labute approximate surface area is 230 Å². The predicted octanol–water partition coefficient (Wildman–Crippen LogP) is 4.67. The fourth-order valence-electron chi connectivity index (χ4n) is 6.94. The number of nitrogen functional groups attached to an aromatic ring is 1. The monoisotopic (exact) mass is 537 g/mol. The van der Waals surface area contributed by atoms with E-state index >= 15 is 0 Å². The smallest absolute Gasteiger partial charge is 0.245 e. The lowest BCUT2D eigenvalue weighted by Gasteiger charge is -2.58. The van der Waals surface area contributed by atoms with Crippen molar-refractivity contribution in [2.75, 3.05) is 50.4 Å². The summed E-state index contributed by atoms with van der Waals surface area (Å²) in [6, 6.07) is 2.11. The molecule has 0 unspecified atom stereocenters. The summed E-state index contributed by atoms with van der Waals surface area (Å²) in [5.74, 6) is 0.937. The zero-order valence-corrected chi connectivity index (χ0v) is 24.0. The SMILES string of the molecule is C=CC(=O)N1CC2(CC(n3nc(N4CCN(C)C[C@]4(C)CC)c(-c4c(Cl)c(C)cc(N)c4C=N)c3C)C2)C1. The molecule has 0 radical (unpaired) electrons. The number of benzene rings is 1. The second kappa shape index (κ2) is 9.42. The van der Waals surface area contributed by atoms with Crippen molar-refractivity contribution < 1.29 is 4.79 Å². The van der Waals surface area contributed by atoms with Gasteiger partial charge >= 0.3 is 0 Å². The number of carbonyl (C=O) groups excluding carboxylic acids is 1. The first-order chi connectivity index (χ1) is 18.0. The lowest BCUT2D eigenvalue weighted by atomic mass is 9.60. The van der Waals surface area contributed by atoms with E-state index in [-0.39, 0.29) is 22.9 Å². The maximum absolute atomic E-state index is 12.0. The van der Waals surface area contributed by atoms with Gasteiger partial charge in [-0.05, 0) is 64.8 Å². The van der Waals surface area contributed by atoms with Gasteiger partial charge in [-0.2, -0.15) is 5.10 Å². The molecule has 2 aliphatic heterocycles. The molecule has 1 saturated carbocycles. The van der Waals surface area contributed by atoms with E-state index < -0.39 is 0 Å². The van der Waals surface area contributed by atoms with E-state index in [9.17, 15) is 4.79 Å². The van der Waals surface area contributed by atoms with E-state index in [4.69, 9.17) is 27.8 Å². The van der Waals surface area contributed by atoms with Gasteiger partial charge in [-0.1, -0.05) is 25.1 Å². The van der Waals surface area contributed by atoms with Gasteiger partial charge in [0.25, 0.3) is 0 Å².